The van der Waals surface area contributed by atoms with Crippen LogP contribution in [-0.4, -0.2) is 50.5 Å². The van der Waals surface area contributed by atoms with Crippen LogP contribution in [0.3, 0.4) is 0 Å². The molecule has 0 aliphatic heterocycles. The summed E-state index contributed by atoms with van der Waals surface area (Å²) in [6.07, 6.45) is 1.09. The van der Waals surface area contributed by atoms with E-state index in [2.05, 4.69) is 5.32 Å². The van der Waals surface area contributed by atoms with Crippen LogP contribution in [0.5, 0.6) is 0 Å². The number of carbonyl (C=O) groups excluding carboxylic acids is 2. The van der Waals surface area contributed by atoms with E-state index in [1.807, 2.05) is 44.2 Å². The highest BCUT2D eigenvalue weighted by molar-refractivity contribution is 7.92. The molecule has 0 bridgehead atoms. The summed E-state index contributed by atoms with van der Waals surface area (Å²) in [5.41, 5.74) is 0.965. The van der Waals surface area contributed by atoms with E-state index in [-0.39, 0.29) is 55.4 Å². The minimum Gasteiger partial charge on any atom is -0.354 e. The predicted octanol–water partition coefficient (Wildman–Crippen LogP) is 4.92. The maximum absolute atomic E-state index is 14.7. The van der Waals surface area contributed by atoms with Crippen molar-refractivity contribution in [2.45, 2.75) is 45.7 Å². The molecule has 0 aliphatic carbocycles. The number of sulfonamides is 1. The van der Waals surface area contributed by atoms with Gasteiger partial charge >= 0.3 is 0 Å². The molecule has 1 atom stereocenters. The van der Waals surface area contributed by atoms with E-state index in [1.165, 1.54) is 35.2 Å². The molecule has 10 heteroatoms. The van der Waals surface area contributed by atoms with Gasteiger partial charge in [0.25, 0.3) is 0 Å². The Bertz CT molecular complexity index is 1420. The molecule has 3 aromatic rings. The zero-order chi connectivity index (χ0) is 30.0. The first-order valence-corrected chi connectivity index (χ1v) is 15.4. The molecule has 0 spiro atoms. The first kappa shape index (κ1) is 31.7. The highest BCUT2D eigenvalue weighted by atomic mass is 32.2. The minimum atomic E-state index is -3.84. The van der Waals surface area contributed by atoms with E-state index < -0.39 is 33.6 Å². The van der Waals surface area contributed by atoms with E-state index in [4.69, 9.17) is 0 Å². The topological polar surface area (TPSA) is 86.8 Å². The van der Waals surface area contributed by atoms with Gasteiger partial charge < -0.3 is 10.2 Å². The number of nitrogens with one attached hydrogen (secondary N) is 1. The van der Waals surface area contributed by atoms with Crippen LogP contribution in [0, 0.1) is 17.6 Å². The van der Waals surface area contributed by atoms with Gasteiger partial charge in [-0.3, -0.25) is 13.9 Å². The van der Waals surface area contributed by atoms with Crippen LogP contribution in [0.4, 0.5) is 14.5 Å². The van der Waals surface area contributed by atoms with Gasteiger partial charge in [-0.2, -0.15) is 0 Å². The summed E-state index contributed by atoms with van der Waals surface area (Å²) < 4.78 is 55.0. The molecule has 2 amide bonds. The lowest BCUT2D eigenvalue weighted by Crippen LogP contribution is -2.51. The second-order valence-corrected chi connectivity index (χ2v) is 12.3. The molecule has 0 saturated heterocycles. The third kappa shape index (κ3) is 9.38. The van der Waals surface area contributed by atoms with E-state index >= 15 is 0 Å². The Hall–Kier alpha value is -3.79. The number of hydrogen-bond acceptors (Lipinski definition) is 4. The molecule has 1 N–H and O–H groups in total. The summed E-state index contributed by atoms with van der Waals surface area (Å²) >= 11 is 0. The van der Waals surface area contributed by atoms with Gasteiger partial charge in [-0.15, -0.1) is 0 Å². The lowest BCUT2D eigenvalue weighted by atomic mass is 10.0. The number of anilines is 1. The largest absolute Gasteiger partial charge is 0.354 e. The van der Waals surface area contributed by atoms with Gasteiger partial charge in [-0.1, -0.05) is 74.5 Å². The second-order valence-electron chi connectivity index (χ2n) is 10.3. The summed E-state index contributed by atoms with van der Waals surface area (Å²) in [7, 11) is -3.84. The molecule has 0 saturated carbocycles. The maximum atomic E-state index is 14.7. The van der Waals surface area contributed by atoms with Gasteiger partial charge in [0.2, 0.25) is 21.8 Å². The Morgan fingerprint density at radius 1 is 0.878 bits per heavy atom. The van der Waals surface area contributed by atoms with Gasteiger partial charge in [-0.25, -0.2) is 17.2 Å². The molecular weight excluding hydrogens is 548 g/mol. The molecule has 3 rings (SSSR count). The minimum absolute atomic E-state index is 0.0552. The van der Waals surface area contributed by atoms with Crippen molar-refractivity contribution < 1.29 is 26.8 Å². The van der Waals surface area contributed by atoms with Crippen LogP contribution in [0.15, 0.2) is 78.9 Å². The number of amides is 2. The van der Waals surface area contributed by atoms with Crippen molar-refractivity contribution in [3.63, 3.8) is 0 Å². The van der Waals surface area contributed by atoms with Crippen molar-refractivity contribution in [1.82, 2.24) is 10.2 Å². The number of benzene rings is 3. The van der Waals surface area contributed by atoms with Crippen LogP contribution in [-0.2, 0) is 32.6 Å². The maximum Gasteiger partial charge on any atom is 0.243 e. The lowest BCUT2D eigenvalue weighted by Gasteiger charge is -2.32. The highest BCUT2D eigenvalue weighted by Gasteiger charge is 2.31. The number of nitrogens with zero attached hydrogens (tertiary/aromatic N) is 2. The van der Waals surface area contributed by atoms with Crippen molar-refractivity contribution in [2.75, 3.05) is 23.7 Å². The zero-order valence-electron chi connectivity index (χ0n) is 23.6. The number of halogens is 2. The van der Waals surface area contributed by atoms with Crippen LogP contribution >= 0.6 is 0 Å². The molecular formula is C31H37F2N3O4S. The summed E-state index contributed by atoms with van der Waals surface area (Å²) in [5, 5.41) is 2.90. The highest BCUT2D eigenvalue weighted by Crippen LogP contribution is 2.23. The van der Waals surface area contributed by atoms with Gasteiger partial charge in [0.05, 0.1) is 11.9 Å². The molecule has 7 nitrogen and oxygen atoms in total. The average Bonchev–Trinajstić information content (AvgIpc) is 2.93. The molecule has 220 valence electrons. The monoisotopic (exact) mass is 585 g/mol. The Labute approximate surface area is 241 Å². The van der Waals surface area contributed by atoms with Crippen LogP contribution in [0.1, 0.15) is 37.8 Å². The van der Waals surface area contributed by atoms with Crippen molar-refractivity contribution in [2.24, 2.45) is 5.92 Å². The van der Waals surface area contributed by atoms with Crippen LogP contribution in [0.2, 0.25) is 0 Å². The Morgan fingerprint density at radius 3 is 2.10 bits per heavy atom. The van der Waals surface area contributed by atoms with Crippen molar-refractivity contribution >= 4 is 27.5 Å². The van der Waals surface area contributed by atoms with Gasteiger partial charge in [-0.05, 0) is 36.1 Å². The summed E-state index contributed by atoms with van der Waals surface area (Å²) in [6, 6.07) is 19.9. The van der Waals surface area contributed by atoms with Crippen molar-refractivity contribution in [3.8, 4) is 0 Å². The second kappa shape index (κ2) is 14.7. The number of rotatable bonds is 14. The van der Waals surface area contributed by atoms with Gasteiger partial charge in [0.1, 0.15) is 17.7 Å². The average molecular weight is 586 g/mol. The SMILES string of the molecule is CC(C)CNC(=O)[C@H](Cc1ccccc1)N(Cc1ccccc1F)C(=O)CCCN(c1ccccc1F)S(C)(=O)=O. The Balaban J connectivity index is 1.90. The fraction of sp³-hybridized carbons (Fsp3) is 0.355. The molecule has 0 heterocycles. The Morgan fingerprint density at radius 2 is 1.49 bits per heavy atom. The van der Waals surface area contributed by atoms with Crippen LogP contribution < -0.4 is 9.62 Å². The van der Waals surface area contributed by atoms with Crippen molar-refractivity contribution in [1.29, 1.82) is 0 Å². The first-order valence-electron chi connectivity index (χ1n) is 13.5. The number of carbonyl (C=O) groups is 2. The summed E-state index contributed by atoms with van der Waals surface area (Å²) in [6.45, 7) is 4.01. The normalized spacial score (nSPS) is 12.1. The summed E-state index contributed by atoms with van der Waals surface area (Å²) in [4.78, 5) is 28.6. The standard InChI is InChI=1S/C31H37F2N3O4S/c1-23(2)21-34-31(38)29(20-24-12-5-4-6-13-24)35(22-25-14-7-8-15-26(25)32)30(37)18-11-19-36(41(3,39)40)28-17-10-9-16-27(28)33/h4-10,12-17,23,29H,11,18-22H2,1-3H3,(H,34,38)/t29-/m0/s1. The Kier molecular flexibility index (Phi) is 11.4. The van der Waals surface area contributed by atoms with E-state index in [0.29, 0.717) is 6.54 Å². The fourth-order valence-electron chi connectivity index (χ4n) is 4.42. The molecule has 41 heavy (non-hydrogen) atoms. The van der Waals surface area contributed by atoms with Gasteiger partial charge in [0, 0.05) is 38.0 Å². The molecule has 0 aliphatic rings. The predicted molar refractivity (Wildman–Crippen MR) is 157 cm³/mol. The smallest absolute Gasteiger partial charge is 0.243 e. The summed E-state index contributed by atoms with van der Waals surface area (Å²) in [5.74, 6) is -1.84. The molecule has 0 fully saturated rings. The molecule has 0 unspecified atom stereocenters. The van der Waals surface area contributed by atoms with E-state index in [9.17, 15) is 26.8 Å². The lowest BCUT2D eigenvalue weighted by molar-refractivity contribution is -0.141. The third-order valence-electron chi connectivity index (χ3n) is 6.53. The van der Waals surface area contributed by atoms with Gasteiger partial charge in [0.15, 0.2) is 0 Å². The van der Waals surface area contributed by atoms with Crippen molar-refractivity contribution in [3.05, 3.63) is 102 Å². The number of para-hydroxylation sites is 1. The zero-order valence-corrected chi connectivity index (χ0v) is 24.4. The fourth-order valence-corrected chi connectivity index (χ4v) is 5.39. The molecule has 3 aromatic carbocycles. The quantitative estimate of drug-likeness (QED) is 0.291. The molecule has 0 aromatic heterocycles. The van der Waals surface area contributed by atoms with E-state index in [0.717, 1.165) is 16.1 Å². The first-order chi connectivity index (χ1) is 19.5. The van der Waals surface area contributed by atoms with Crippen LogP contribution in [0.25, 0.3) is 0 Å². The third-order valence-corrected chi connectivity index (χ3v) is 7.71. The molecule has 0 radical (unpaired) electrons. The number of hydrogen-bond donors (Lipinski definition) is 1. The van der Waals surface area contributed by atoms with E-state index in [1.54, 1.807) is 18.2 Å².